The van der Waals surface area contributed by atoms with Crippen molar-refractivity contribution in [3.63, 3.8) is 0 Å². The maximum absolute atomic E-state index is 11.8. The number of halogens is 1. The number of rotatable bonds is 4. The number of carbonyl (C=O) groups excluding carboxylic acids is 1. The topological polar surface area (TPSA) is 92.2 Å². The molecule has 0 atom stereocenters. The first-order valence-corrected chi connectivity index (χ1v) is 6.04. The third-order valence-electron chi connectivity index (χ3n) is 2.49. The number of carboxylic acid groups (broad SMARTS) is 1. The molecule has 1 aromatic heterocycles. The van der Waals surface area contributed by atoms with Gasteiger partial charge in [-0.3, -0.25) is 4.79 Å². The van der Waals surface area contributed by atoms with Gasteiger partial charge >= 0.3 is 5.97 Å². The number of carboxylic acids is 1. The fourth-order valence-corrected chi connectivity index (χ4v) is 1.63. The van der Waals surface area contributed by atoms with Crippen LogP contribution in [0.1, 0.15) is 26.4 Å². The van der Waals surface area contributed by atoms with Gasteiger partial charge in [0.05, 0.1) is 5.56 Å². The molecule has 0 bridgehead atoms. The Morgan fingerprint density at radius 3 is 2.65 bits per heavy atom. The summed E-state index contributed by atoms with van der Waals surface area (Å²) in [6.07, 6.45) is 0. The first-order chi connectivity index (χ1) is 9.56. The highest BCUT2D eigenvalue weighted by Gasteiger charge is 2.08. The lowest BCUT2D eigenvalue weighted by atomic mass is 10.1. The lowest BCUT2D eigenvalue weighted by molar-refractivity contribution is 0.0696. The highest BCUT2D eigenvalue weighted by atomic mass is 35.5. The smallest absolute Gasteiger partial charge is 0.335 e. The summed E-state index contributed by atoms with van der Waals surface area (Å²) in [6, 6.07) is 9.24. The molecule has 0 saturated heterocycles. The van der Waals surface area contributed by atoms with Gasteiger partial charge in [0.25, 0.3) is 5.91 Å². The van der Waals surface area contributed by atoms with E-state index in [0.717, 1.165) is 0 Å². The maximum atomic E-state index is 11.8. The number of nitrogens with zero attached hydrogens (tertiary/aromatic N) is 2. The van der Waals surface area contributed by atoms with Crippen LogP contribution < -0.4 is 5.32 Å². The average molecular weight is 292 g/mol. The van der Waals surface area contributed by atoms with Crippen molar-refractivity contribution in [2.24, 2.45) is 0 Å². The van der Waals surface area contributed by atoms with Gasteiger partial charge in [-0.1, -0.05) is 23.7 Å². The molecule has 2 aromatic rings. The van der Waals surface area contributed by atoms with Crippen molar-refractivity contribution < 1.29 is 14.7 Å². The molecule has 20 heavy (non-hydrogen) atoms. The first-order valence-electron chi connectivity index (χ1n) is 5.66. The van der Waals surface area contributed by atoms with E-state index in [-0.39, 0.29) is 23.0 Å². The lowest BCUT2D eigenvalue weighted by Gasteiger charge is -2.05. The Morgan fingerprint density at radius 1 is 1.20 bits per heavy atom. The minimum Gasteiger partial charge on any atom is -0.478 e. The molecule has 0 radical (unpaired) electrons. The van der Waals surface area contributed by atoms with E-state index in [4.69, 9.17) is 16.7 Å². The SMILES string of the molecule is O=C(O)c1cccc(CNC(=O)c2ccc(Cl)nn2)c1. The minimum absolute atomic E-state index is 0.142. The summed E-state index contributed by atoms with van der Waals surface area (Å²) >= 11 is 5.58. The monoisotopic (exact) mass is 291 g/mol. The van der Waals surface area contributed by atoms with E-state index in [1.54, 1.807) is 12.1 Å². The summed E-state index contributed by atoms with van der Waals surface area (Å²) < 4.78 is 0. The van der Waals surface area contributed by atoms with Crippen LogP contribution in [0.4, 0.5) is 0 Å². The van der Waals surface area contributed by atoms with E-state index in [1.165, 1.54) is 24.3 Å². The first kappa shape index (κ1) is 14.0. The van der Waals surface area contributed by atoms with Crippen molar-refractivity contribution in [3.05, 3.63) is 58.4 Å². The van der Waals surface area contributed by atoms with Gasteiger partial charge in [0.15, 0.2) is 10.8 Å². The van der Waals surface area contributed by atoms with Gasteiger partial charge in [0.2, 0.25) is 0 Å². The molecule has 2 rings (SSSR count). The Bertz CT molecular complexity index is 644. The number of nitrogens with one attached hydrogen (secondary N) is 1. The highest BCUT2D eigenvalue weighted by Crippen LogP contribution is 2.06. The molecule has 102 valence electrons. The van der Waals surface area contributed by atoms with Gasteiger partial charge in [0.1, 0.15) is 0 Å². The normalized spacial score (nSPS) is 10.1. The molecule has 0 aliphatic rings. The zero-order valence-corrected chi connectivity index (χ0v) is 11.0. The molecule has 0 aliphatic carbocycles. The molecule has 0 spiro atoms. The van der Waals surface area contributed by atoms with Gasteiger partial charge in [-0.25, -0.2) is 4.79 Å². The molecule has 1 heterocycles. The molecule has 6 nitrogen and oxygen atoms in total. The fraction of sp³-hybridized carbons (Fsp3) is 0.0769. The number of carbonyl (C=O) groups is 2. The summed E-state index contributed by atoms with van der Waals surface area (Å²) in [6.45, 7) is 0.199. The standard InChI is InChI=1S/C13H10ClN3O3/c14-11-5-4-10(16-17-11)12(18)15-7-8-2-1-3-9(6-8)13(19)20/h1-6H,7H2,(H,15,18)(H,19,20). The van der Waals surface area contributed by atoms with Crippen LogP contribution in [0.15, 0.2) is 36.4 Å². The Kier molecular flexibility index (Phi) is 4.27. The molecular weight excluding hydrogens is 282 g/mol. The predicted octanol–water partition coefficient (Wildman–Crippen LogP) is 1.76. The lowest BCUT2D eigenvalue weighted by Crippen LogP contribution is -2.24. The van der Waals surface area contributed by atoms with Crippen LogP contribution in [0.3, 0.4) is 0 Å². The van der Waals surface area contributed by atoms with E-state index >= 15 is 0 Å². The van der Waals surface area contributed by atoms with Crippen molar-refractivity contribution >= 4 is 23.5 Å². The third kappa shape index (κ3) is 3.52. The van der Waals surface area contributed by atoms with E-state index in [9.17, 15) is 9.59 Å². The number of aromatic carboxylic acids is 1. The summed E-state index contributed by atoms with van der Waals surface area (Å²) in [7, 11) is 0. The van der Waals surface area contributed by atoms with Crippen molar-refractivity contribution in [1.82, 2.24) is 15.5 Å². The zero-order valence-electron chi connectivity index (χ0n) is 10.2. The van der Waals surface area contributed by atoms with Crippen molar-refractivity contribution in [3.8, 4) is 0 Å². The fourth-order valence-electron chi connectivity index (χ4n) is 1.52. The summed E-state index contributed by atoms with van der Waals surface area (Å²) in [5.41, 5.74) is 0.993. The number of amides is 1. The molecule has 0 saturated carbocycles. The summed E-state index contributed by atoms with van der Waals surface area (Å²) in [5, 5.41) is 18.9. The molecule has 1 aromatic carbocycles. The summed E-state index contributed by atoms with van der Waals surface area (Å²) in [4.78, 5) is 22.6. The molecule has 0 fully saturated rings. The van der Waals surface area contributed by atoms with Crippen LogP contribution in [0.2, 0.25) is 5.15 Å². The Balaban J connectivity index is 2.01. The van der Waals surface area contributed by atoms with E-state index < -0.39 is 11.9 Å². The van der Waals surface area contributed by atoms with Crippen LogP contribution in [0.5, 0.6) is 0 Å². The van der Waals surface area contributed by atoms with E-state index in [0.29, 0.717) is 5.56 Å². The third-order valence-corrected chi connectivity index (χ3v) is 2.69. The van der Waals surface area contributed by atoms with Crippen LogP contribution in [-0.2, 0) is 6.54 Å². The second kappa shape index (κ2) is 6.12. The highest BCUT2D eigenvalue weighted by molar-refractivity contribution is 6.29. The maximum Gasteiger partial charge on any atom is 0.335 e. The van der Waals surface area contributed by atoms with Crippen molar-refractivity contribution in [1.29, 1.82) is 0 Å². The van der Waals surface area contributed by atoms with Crippen molar-refractivity contribution in [2.75, 3.05) is 0 Å². The van der Waals surface area contributed by atoms with Crippen LogP contribution in [-0.4, -0.2) is 27.2 Å². The number of hydrogen-bond donors (Lipinski definition) is 2. The number of benzene rings is 1. The minimum atomic E-state index is -1.01. The Labute approximate surface area is 119 Å². The Hall–Kier alpha value is -2.47. The molecule has 2 N–H and O–H groups in total. The van der Waals surface area contributed by atoms with Gasteiger partial charge in [-0.05, 0) is 29.8 Å². The van der Waals surface area contributed by atoms with Crippen LogP contribution >= 0.6 is 11.6 Å². The van der Waals surface area contributed by atoms with Crippen LogP contribution in [0, 0.1) is 0 Å². The Morgan fingerprint density at radius 2 is 2.00 bits per heavy atom. The summed E-state index contributed by atoms with van der Waals surface area (Å²) in [5.74, 6) is -1.42. The molecule has 0 aliphatic heterocycles. The average Bonchev–Trinajstić information content (AvgIpc) is 2.46. The van der Waals surface area contributed by atoms with Crippen LogP contribution in [0.25, 0.3) is 0 Å². The zero-order chi connectivity index (χ0) is 14.5. The number of aromatic nitrogens is 2. The molecule has 1 amide bonds. The molecule has 7 heteroatoms. The molecular formula is C13H10ClN3O3. The second-order valence-corrected chi connectivity index (χ2v) is 4.32. The predicted molar refractivity (Wildman–Crippen MR) is 71.6 cm³/mol. The van der Waals surface area contributed by atoms with Gasteiger partial charge in [0, 0.05) is 6.54 Å². The van der Waals surface area contributed by atoms with Gasteiger partial charge in [-0.2, -0.15) is 0 Å². The van der Waals surface area contributed by atoms with E-state index in [2.05, 4.69) is 15.5 Å². The largest absolute Gasteiger partial charge is 0.478 e. The van der Waals surface area contributed by atoms with Crippen molar-refractivity contribution in [2.45, 2.75) is 6.54 Å². The van der Waals surface area contributed by atoms with E-state index in [1.807, 2.05) is 0 Å². The second-order valence-electron chi connectivity index (χ2n) is 3.93. The molecule has 0 unspecified atom stereocenters. The number of hydrogen-bond acceptors (Lipinski definition) is 4. The quantitative estimate of drug-likeness (QED) is 0.895. The van der Waals surface area contributed by atoms with Gasteiger partial charge < -0.3 is 10.4 Å². The van der Waals surface area contributed by atoms with Gasteiger partial charge in [-0.15, -0.1) is 10.2 Å².